The lowest BCUT2D eigenvalue weighted by Gasteiger charge is -2.21. The molecule has 19 heteroatoms. The van der Waals surface area contributed by atoms with Crippen molar-refractivity contribution in [3.63, 3.8) is 0 Å². The molecule has 0 aliphatic heterocycles. The molecule has 0 rings (SSSR count). The predicted molar refractivity (Wildman–Crippen MR) is 349 cm³/mol. The average Bonchev–Trinajstić information content (AvgIpc) is 3.71. The minimum atomic E-state index is -4.95. The molecule has 512 valence electrons. The number of esters is 4. The van der Waals surface area contributed by atoms with Crippen LogP contribution in [0.15, 0.2) is 24.3 Å². The summed E-state index contributed by atoms with van der Waals surface area (Å²) in [6.45, 7) is 7.08. The fraction of sp³-hybridized carbons (Fsp3) is 0.882. The highest BCUT2D eigenvalue weighted by molar-refractivity contribution is 7.47. The van der Waals surface area contributed by atoms with Crippen LogP contribution in [-0.2, 0) is 65.4 Å². The zero-order valence-corrected chi connectivity index (χ0v) is 57.4. The molecule has 0 fully saturated rings. The first-order valence-electron chi connectivity index (χ1n) is 35.0. The number of carbonyl (C=O) groups is 4. The van der Waals surface area contributed by atoms with Gasteiger partial charge in [0.25, 0.3) is 0 Å². The van der Waals surface area contributed by atoms with Gasteiger partial charge >= 0.3 is 39.5 Å². The van der Waals surface area contributed by atoms with Crippen LogP contribution in [0.4, 0.5) is 0 Å². The maximum Gasteiger partial charge on any atom is 0.472 e. The topological polar surface area (TPSA) is 237 Å². The van der Waals surface area contributed by atoms with Crippen LogP contribution in [0.25, 0.3) is 0 Å². The molecule has 2 unspecified atom stereocenters. The van der Waals surface area contributed by atoms with Crippen LogP contribution in [0.5, 0.6) is 0 Å². The van der Waals surface area contributed by atoms with Gasteiger partial charge in [-0.05, 0) is 57.3 Å². The van der Waals surface area contributed by atoms with E-state index >= 15 is 0 Å². The van der Waals surface area contributed by atoms with Gasteiger partial charge in [-0.1, -0.05) is 271 Å². The van der Waals surface area contributed by atoms with Crippen molar-refractivity contribution >= 4 is 39.5 Å². The first-order valence-corrected chi connectivity index (χ1v) is 37.9. The molecule has 5 atom stereocenters. The monoisotopic (exact) mass is 1280 g/mol. The highest BCUT2D eigenvalue weighted by Gasteiger charge is 2.30. The van der Waals surface area contributed by atoms with E-state index in [4.69, 9.17) is 37.0 Å². The minimum Gasteiger partial charge on any atom is -0.462 e. The van der Waals surface area contributed by atoms with E-state index in [-0.39, 0.29) is 25.7 Å². The third kappa shape index (κ3) is 62.1. The predicted octanol–water partition coefficient (Wildman–Crippen LogP) is 18.9. The smallest absolute Gasteiger partial charge is 0.462 e. The number of allylic oxidation sites excluding steroid dienone is 4. The van der Waals surface area contributed by atoms with Gasteiger partial charge in [0, 0.05) is 25.7 Å². The van der Waals surface area contributed by atoms with Gasteiger partial charge < -0.3 is 33.8 Å². The van der Waals surface area contributed by atoms with Crippen LogP contribution in [0.3, 0.4) is 0 Å². The second kappa shape index (κ2) is 61.1. The molecule has 0 aliphatic rings. The van der Waals surface area contributed by atoms with Gasteiger partial charge in [-0.3, -0.25) is 37.3 Å². The summed E-state index contributed by atoms with van der Waals surface area (Å²) < 4.78 is 67.9. The van der Waals surface area contributed by atoms with E-state index in [2.05, 4.69) is 58.9 Å². The quantitative estimate of drug-likeness (QED) is 0.0169. The normalized spacial score (nSPS) is 14.3. The molecule has 0 aromatic rings. The lowest BCUT2D eigenvalue weighted by molar-refractivity contribution is -0.161. The lowest BCUT2D eigenvalue weighted by Crippen LogP contribution is -2.30. The average molecular weight is 1280 g/mol. The Morgan fingerprint density at radius 1 is 0.356 bits per heavy atom. The molecule has 87 heavy (non-hydrogen) atoms. The number of hydrogen-bond donors (Lipinski definition) is 3. The standard InChI is InChI=1S/C68H128O17P2/c1-6-9-12-15-17-19-20-21-23-27-30-34-37-42-47-52-66(71)79-58-64(85-68(73)54-49-44-39-35-31-28-25-22-24-26-29-33-36-41-45-50-61(4)5)60-83-87(76,77)81-56-62(69)55-80-86(74,75)82-59-63(57-78-65(70)51-46-40-14-11-8-3)84-67(72)53-48-43-38-32-18-16-13-10-7-2/h19-21,23,61-64,69H,6-18,22,24-60H2,1-5H3,(H,74,75)(H,76,77)/b20-19-,23-21-/t62-,63+,64+/m0/s1. The van der Waals surface area contributed by atoms with Crippen LogP contribution in [0.2, 0.25) is 0 Å². The van der Waals surface area contributed by atoms with Crippen LogP contribution in [-0.4, -0.2) is 96.7 Å². The van der Waals surface area contributed by atoms with Gasteiger partial charge in [0.2, 0.25) is 0 Å². The Balaban J connectivity index is 5.18. The van der Waals surface area contributed by atoms with Crippen LogP contribution in [0, 0.1) is 5.92 Å². The summed E-state index contributed by atoms with van der Waals surface area (Å²) in [6, 6.07) is 0. The Kier molecular flexibility index (Phi) is 59.3. The van der Waals surface area contributed by atoms with Gasteiger partial charge in [-0.25, -0.2) is 9.13 Å². The Labute approximate surface area is 529 Å². The van der Waals surface area contributed by atoms with Crippen LogP contribution >= 0.6 is 15.6 Å². The fourth-order valence-corrected chi connectivity index (χ4v) is 11.3. The van der Waals surface area contributed by atoms with E-state index < -0.39 is 97.5 Å². The fourth-order valence-electron chi connectivity index (χ4n) is 9.75. The van der Waals surface area contributed by atoms with Gasteiger partial charge in [0.1, 0.15) is 19.3 Å². The Morgan fingerprint density at radius 2 is 0.621 bits per heavy atom. The second-order valence-electron chi connectivity index (χ2n) is 24.4. The number of ether oxygens (including phenoxy) is 4. The van der Waals surface area contributed by atoms with E-state index in [1.807, 2.05) is 0 Å². The summed E-state index contributed by atoms with van der Waals surface area (Å²) in [7, 11) is -9.89. The molecule has 0 saturated carbocycles. The number of phosphoric ester groups is 2. The molecular formula is C68H128O17P2. The third-order valence-electron chi connectivity index (χ3n) is 15.2. The summed E-state index contributed by atoms with van der Waals surface area (Å²) in [5.41, 5.74) is 0. The van der Waals surface area contributed by atoms with Crippen molar-refractivity contribution in [3.05, 3.63) is 24.3 Å². The largest absolute Gasteiger partial charge is 0.472 e. The molecule has 0 aromatic heterocycles. The van der Waals surface area contributed by atoms with Gasteiger partial charge in [-0.2, -0.15) is 0 Å². The second-order valence-corrected chi connectivity index (χ2v) is 27.3. The van der Waals surface area contributed by atoms with Crippen molar-refractivity contribution in [1.82, 2.24) is 0 Å². The molecule has 0 amide bonds. The minimum absolute atomic E-state index is 0.101. The summed E-state index contributed by atoms with van der Waals surface area (Å²) in [6.07, 6.45) is 49.8. The van der Waals surface area contributed by atoms with Gasteiger partial charge in [0.05, 0.1) is 26.4 Å². The Morgan fingerprint density at radius 3 is 0.943 bits per heavy atom. The van der Waals surface area contributed by atoms with Gasteiger partial charge in [0.15, 0.2) is 12.2 Å². The lowest BCUT2D eigenvalue weighted by atomic mass is 10.0. The number of carbonyl (C=O) groups excluding carboxylic acids is 4. The Bertz CT molecular complexity index is 1780. The number of unbranched alkanes of at least 4 members (excludes halogenated alkanes) is 35. The summed E-state index contributed by atoms with van der Waals surface area (Å²) in [5.74, 6) is -1.37. The molecule has 17 nitrogen and oxygen atoms in total. The molecule has 0 heterocycles. The van der Waals surface area contributed by atoms with Crippen molar-refractivity contribution in [1.29, 1.82) is 0 Å². The highest BCUT2D eigenvalue weighted by Crippen LogP contribution is 2.45. The maximum absolute atomic E-state index is 13.0. The molecule has 0 radical (unpaired) electrons. The van der Waals surface area contributed by atoms with Crippen molar-refractivity contribution in [3.8, 4) is 0 Å². The number of aliphatic hydroxyl groups excluding tert-OH is 1. The first kappa shape index (κ1) is 84.5. The van der Waals surface area contributed by atoms with Crippen molar-refractivity contribution in [2.24, 2.45) is 5.92 Å². The third-order valence-corrected chi connectivity index (χ3v) is 17.1. The summed E-state index contributed by atoms with van der Waals surface area (Å²) in [5, 5.41) is 10.5. The molecule has 3 N–H and O–H groups in total. The van der Waals surface area contributed by atoms with Gasteiger partial charge in [-0.15, -0.1) is 0 Å². The van der Waals surface area contributed by atoms with E-state index in [1.54, 1.807) is 0 Å². The van der Waals surface area contributed by atoms with Crippen molar-refractivity contribution in [2.75, 3.05) is 39.6 Å². The number of rotatable bonds is 66. The molecule has 0 aliphatic carbocycles. The molecular weight excluding hydrogens is 1150 g/mol. The molecule has 0 aromatic carbocycles. The Hall–Kier alpha value is -2.46. The zero-order chi connectivity index (χ0) is 64.2. The van der Waals surface area contributed by atoms with Crippen LogP contribution in [0.1, 0.15) is 324 Å². The number of hydrogen-bond acceptors (Lipinski definition) is 15. The summed E-state index contributed by atoms with van der Waals surface area (Å²) in [4.78, 5) is 72.1. The number of aliphatic hydroxyl groups is 1. The highest BCUT2D eigenvalue weighted by atomic mass is 31.2. The zero-order valence-electron chi connectivity index (χ0n) is 55.6. The van der Waals surface area contributed by atoms with E-state index in [1.165, 1.54) is 122 Å². The summed E-state index contributed by atoms with van der Waals surface area (Å²) >= 11 is 0. The molecule has 0 bridgehead atoms. The maximum atomic E-state index is 13.0. The van der Waals surface area contributed by atoms with Crippen molar-refractivity contribution < 1.29 is 80.2 Å². The molecule has 0 saturated heterocycles. The first-order chi connectivity index (χ1) is 42.0. The van der Waals surface area contributed by atoms with Crippen LogP contribution < -0.4 is 0 Å². The van der Waals surface area contributed by atoms with E-state index in [9.17, 15) is 43.2 Å². The SMILES string of the molecule is CCCCCC/C=C\C=C/CCCCCCCC(=O)OC[C@H](COP(=O)(O)OC[C@@H](O)COP(=O)(O)OC[C@@H](COC(=O)CCCCCCC)OC(=O)CCCCCCCCCCC)OC(=O)CCCCCCCCCCCCCCCCCC(C)C. The number of phosphoric acid groups is 2. The molecule has 0 spiro atoms. The van der Waals surface area contributed by atoms with Crippen molar-refractivity contribution in [2.45, 2.75) is 342 Å². The van der Waals surface area contributed by atoms with E-state index in [0.717, 1.165) is 121 Å². The van der Waals surface area contributed by atoms with E-state index in [0.29, 0.717) is 25.7 Å².